The van der Waals surface area contributed by atoms with Crippen molar-refractivity contribution >= 4 is 51.1 Å². The van der Waals surface area contributed by atoms with Crippen LogP contribution >= 0.6 is 27.5 Å². The fourth-order valence-electron chi connectivity index (χ4n) is 4.89. The predicted molar refractivity (Wildman–Crippen MR) is 142 cm³/mol. The number of hydrogen-bond acceptors (Lipinski definition) is 5. The Morgan fingerprint density at radius 2 is 1.91 bits per heavy atom. The Hall–Kier alpha value is -2.57. The number of aliphatic imine (C=N–C) groups is 1. The Kier molecular flexibility index (Phi) is 6.06. The first kappa shape index (κ1) is 22.2. The van der Waals surface area contributed by atoms with Gasteiger partial charge in [-0.2, -0.15) is 5.10 Å². The SMILES string of the molecule is CCc1cccc(CC)c1N1C(Nc2ccc(Br)cc2Cl)=NC=C2CCC3C=NN(C)C3=C21. The van der Waals surface area contributed by atoms with Crippen molar-refractivity contribution in [1.29, 1.82) is 0 Å². The summed E-state index contributed by atoms with van der Waals surface area (Å²) in [7, 11) is 2.04. The number of aryl methyl sites for hydroxylation is 2. The van der Waals surface area contributed by atoms with Gasteiger partial charge in [-0.1, -0.05) is 59.6 Å². The maximum atomic E-state index is 6.59. The molecule has 0 bridgehead atoms. The molecule has 1 unspecified atom stereocenters. The van der Waals surface area contributed by atoms with Gasteiger partial charge in [0.1, 0.15) is 0 Å². The van der Waals surface area contributed by atoms with E-state index in [9.17, 15) is 0 Å². The highest BCUT2D eigenvalue weighted by Crippen LogP contribution is 2.44. The van der Waals surface area contributed by atoms with Gasteiger partial charge in [0.2, 0.25) is 5.96 Å². The molecule has 1 N–H and O–H groups in total. The number of benzene rings is 2. The molecule has 5 nitrogen and oxygen atoms in total. The number of guanidine groups is 1. The second-order valence-electron chi connectivity index (χ2n) is 8.49. The molecule has 5 rings (SSSR count). The van der Waals surface area contributed by atoms with Crippen molar-refractivity contribution in [3.8, 4) is 0 Å². The Morgan fingerprint density at radius 1 is 1.15 bits per heavy atom. The first-order valence-electron chi connectivity index (χ1n) is 11.4. The van der Waals surface area contributed by atoms with Gasteiger partial charge in [0.25, 0.3) is 0 Å². The molecule has 1 aliphatic carbocycles. The number of nitrogens with zero attached hydrogens (tertiary/aromatic N) is 4. The number of hydrazone groups is 1. The van der Waals surface area contributed by atoms with Gasteiger partial charge in [0, 0.05) is 29.9 Å². The molecule has 2 heterocycles. The highest BCUT2D eigenvalue weighted by atomic mass is 79.9. The molecule has 2 aromatic carbocycles. The van der Waals surface area contributed by atoms with Crippen LogP contribution in [0, 0.1) is 5.92 Å². The topological polar surface area (TPSA) is 43.2 Å². The molecule has 0 saturated heterocycles. The summed E-state index contributed by atoms with van der Waals surface area (Å²) in [6.45, 7) is 4.42. The summed E-state index contributed by atoms with van der Waals surface area (Å²) < 4.78 is 0.942. The van der Waals surface area contributed by atoms with Crippen LogP contribution in [0.25, 0.3) is 0 Å². The molecule has 7 heteroatoms. The van der Waals surface area contributed by atoms with Crippen molar-refractivity contribution in [2.24, 2.45) is 16.0 Å². The molecule has 0 fully saturated rings. The molecule has 2 aromatic rings. The summed E-state index contributed by atoms with van der Waals surface area (Å²) in [5.74, 6) is 1.07. The summed E-state index contributed by atoms with van der Waals surface area (Å²) in [5.41, 5.74) is 8.29. The molecular formula is C26H27BrClN5. The average molecular weight is 525 g/mol. The standard InChI is InChI=1S/C26H27BrClN5/c1-4-16-7-6-8-17(5-2)23(16)33-25-18(9-10-19-15-30-32(3)24(19)25)14-29-26(33)31-22-12-11-20(27)13-21(22)28/h6-8,11-15,19H,4-5,9-10H2,1-3H3,(H,29,31). The lowest BCUT2D eigenvalue weighted by Crippen LogP contribution is -2.42. The fourth-order valence-corrected chi connectivity index (χ4v) is 5.61. The van der Waals surface area contributed by atoms with E-state index in [1.165, 1.54) is 33.8 Å². The van der Waals surface area contributed by atoms with Crippen molar-refractivity contribution < 1.29 is 0 Å². The molecule has 33 heavy (non-hydrogen) atoms. The minimum atomic E-state index is 0.319. The van der Waals surface area contributed by atoms with Crippen LogP contribution in [-0.4, -0.2) is 24.2 Å². The molecule has 170 valence electrons. The Balaban J connectivity index is 1.73. The second kappa shape index (κ2) is 8.99. The van der Waals surface area contributed by atoms with Gasteiger partial charge >= 0.3 is 0 Å². The number of nitrogens with one attached hydrogen (secondary N) is 1. The van der Waals surface area contributed by atoms with Crippen LogP contribution in [0.5, 0.6) is 0 Å². The second-order valence-corrected chi connectivity index (χ2v) is 9.81. The van der Waals surface area contributed by atoms with Gasteiger partial charge < -0.3 is 5.32 Å². The van der Waals surface area contributed by atoms with E-state index >= 15 is 0 Å². The van der Waals surface area contributed by atoms with E-state index in [0.717, 1.165) is 41.8 Å². The first-order valence-corrected chi connectivity index (χ1v) is 12.6. The highest BCUT2D eigenvalue weighted by Gasteiger charge is 2.38. The molecule has 0 saturated carbocycles. The van der Waals surface area contributed by atoms with Gasteiger partial charge in [-0.3, -0.25) is 9.91 Å². The first-order chi connectivity index (χ1) is 16.0. The maximum absolute atomic E-state index is 6.59. The molecule has 1 atom stereocenters. The number of halogens is 2. The van der Waals surface area contributed by atoms with Crippen LogP contribution in [0.2, 0.25) is 5.02 Å². The van der Waals surface area contributed by atoms with E-state index in [1.54, 1.807) is 0 Å². The Bertz CT molecular complexity index is 1210. The minimum absolute atomic E-state index is 0.319. The lowest BCUT2D eigenvalue weighted by atomic mass is 9.86. The number of allylic oxidation sites excluding steroid dienone is 2. The summed E-state index contributed by atoms with van der Waals surface area (Å²) in [5, 5.41) is 10.8. The van der Waals surface area contributed by atoms with Gasteiger partial charge in [0.05, 0.1) is 27.8 Å². The third kappa shape index (κ3) is 3.89. The van der Waals surface area contributed by atoms with Gasteiger partial charge in [-0.25, -0.2) is 4.99 Å². The summed E-state index contributed by atoms with van der Waals surface area (Å²) in [4.78, 5) is 7.24. The van der Waals surface area contributed by atoms with Crippen molar-refractivity contribution in [3.05, 3.63) is 80.2 Å². The predicted octanol–water partition coefficient (Wildman–Crippen LogP) is 6.95. The zero-order chi connectivity index (χ0) is 23.1. The van der Waals surface area contributed by atoms with Crippen LogP contribution in [0.4, 0.5) is 11.4 Å². The van der Waals surface area contributed by atoms with Crippen LogP contribution in [-0.2, 0) is 12.8 Å². The van der Waals surface area contributed by atoms with Gasteiger partial charge in [0.15, 0.2) is 0 Å². The molecule has 0 spiro atoms. The third-order valence-corrected chi connectivity index (χ3v) is 7.34. The van der Waals surface area contributed by atoms with Crippen molar-refractivity contribution in [3.63, 3.8) is 0 Å². The van der Waals surface area contributed by atoms with E-state index in [1.807, 2.05) is 36.5 Å². The normalized spacial score (nSPS) is 19.4. The Morgan fingerprint density at radius 3 is 2.61 bits per heavy atom. The minimum Gasteiger partial charge on any atom is -0.324 e. The highest BCUT2D eigenvalue weighted by molar-refractivity contribution is 9.10. The smallest absolute Gasteiger partial charge is 0.212 e. The van der Waals surface area contributed by atoms with Gasteiger partial charge in [-0.15, -0.1) is 0 Å². The number of anilines is 2. The van der Waals surface area contributed by atoms with Crippen molar-refractivity contribution in [1.82, 2.24) is 5.01 Å². The van der Waals surface area contributed by atoms with E-state index in [0.29, 0.717) is 10.9 Å². The number of para-hydroxylation sites is 1. The number of hydrogen-bond donors (Lipinski definition) is 1. The van der Waals surface area contributed by atoms with E-state index in [4.69, 9.17) is 16.6 Å². The van der Waals surface area contributed by atoms with E-state index < -0.39 is 0 Å². The van der Waals surface area contributed by atoms with Gasteiger partial charge in [-0.05, 0) is 60.6 Å². The fraction of sp³-hybridized carbons (Fsp3) is 0.308. The monoisotopic (exact) mass is 523 g/mol. The maximum Gasteiger partial charge on any atom is 0.212 e. The quantitative estimate of drug-likeness (QED) is 0.470. The largest absolute Gasteiger partial charge is 0.324 e. The number of fused-ring (bicyclic) bond motifs is 2. The van der Waals surface area contributed by atoms with Crippen LogP contribution in [0.15, 0.2) is 74.1 Å². The summed E-state index contributed by atoms with van der Waals surface area (Å²) in [6, 6.07) is 12.5. The molecule has 2 aliphatic heterocycles. The lowest BCUT2D eigenvalue weighted by Gasteiger charge is -2.39. The molecule has 0 radical (unpaired) electrons. The van der Waals surface area contributed by atoms with E-state index in [-0.39, 0.29) is 0 Å². The average Bonchev–Trinajstić information content (AvgIpc) is 3.21. The van der Waals surface area contributed by atoms with Crippen LogP contribution in [0.3, 0.4) is 0 Å². The van der Waals surface area contributed by atoms with Crippen molar-refractivity contribution in [2.75, 3.05) is 17.3 Å². The van der Waals surface area contributed by atoms with Crippen LogP contribution < -0.4 is 10.2 Å². The molecule has 0 amide bonds. The zero-order valence-corrected chi connectivity index (χ0v) is 21.4. The van der Waals surface area contributed by atoms with Crippen LogP contribution in [0.1, 0.15) is 37.8 Å². The summed E-state index contributed by atoms with van der Waals surface area (Å²) >= 11 is 10.1. The Labute approximate surface area is 208 Å². The molecule has 3 aliphatic rings. The van der Waals surface area contributed by atoms with E-state index in [2.05, 4.69) is 69.5 Å². The molecule has 0 aromatic heterocycles. The summed E-state index contributed by atoms with van der Waals surface area (Å²) in [6.07, 6.45) is 7.99. The molecular weight excluding hydrogens is 498 g/mol. The number of rotatable bonds is 4. The third-order valence-electron chi connectivity index (χ3n) is 6.54. The van der Waals surface area contributed by atoms with Crippen molar-refractivity contribution in [2.45, 2.75) is 39.5 Å². The lowest BCUT2D eigenvalue weighted by molar-refractivity contribution is 0.422. The zero-order valence-electron chi connectivity index (χ0n) is 19.1.